The van der Waals surface area contributed by atoms with Crippen LogP contribution in [0.25, 0.3) is 16.9 Å². The maximum absolute atomic E-state index is 6.37. The fourth-order valence-electron chi connectivity index (χ4n) is 3.66. The van der Waals surface area contributed by atoms with E-state index in [2.05, 4.69) is 78.4 Å². The number of aryl methyl sites for hydroxylation is 2. The number of aromatic nitrogens is 2. The average Bonchev–Trinajstić information content (AvgIpc) is 2.98. The van der Waals surface area contributed by atoms with Crippen molar-refractivity contribution in [3.8, 4) is 11.4 Å². The van der Waals surface area contributed by atoms with Crippen LogP contribution < -0.4 is 4.57 Å². The Morgan fingerprint density at radius 2 is 1.53 bits per heavy atom. The first-order valence-electron chi connectivity index (χ1n) is 9.95. The van der Waals surface area contributed by atoms with Crippen molar-refractivity contribution >= 4 is 28.8 Å². The maximum Gasteiger partial charge on any atom is 0.304 e. The van der Waals surface area contributed by atoms with Crippen molar-refractivity contribution in [3.63, 3.8) is 0 Å². The second kappa shape index (κ2) is 7.96. The van der Waals surface area contributed by atoms with E-state index in [1.54, 1.807) is 0 Å². The summed E-state index contributed by atoms with van der Waals surface area (Å²) >= 11 is 6.37. The van der Waals surface area contributed by atoms with Crippen molar-refractivity contribution in [2.75, 3.05) is 14.1 Å². The van der Waals surface area contributed by atoms with Gasteiger partial charge in [-0.05, 0) is 44.2 Å². The molecule has 0 N–H and O–H groups in total. The number of hydrogen-bond donors (Lipinski definition) is 0. The molecular formula is C25H26ClN4+. The number of imidazole rings is 1. The number of aliphatic imine (C=N–C) groups is 1. The number of fused-ring (bicyclic) bond motifs is 1. The van der Waals surface area contributed by atoms with Gasteiger partial charge in [0.05, 0.1) is 13.2 Å². The highest BCUT2D eigenvalue weighted by atomic mass is 35.5. The summed E-state index contributed by atoms with van der Waals surface area (Å²) in [5.74, 6) is 2.81. The van der Waals surface area contributed by atoms with Crippen LogP contribution in [0, 0.1) is 13.8 Å². The fraction of sp³-hybridized carbons (Fsp3) is 0.200. The molecule has 4 rings (SSSR count). The predicted octanol–water partition coefficient (Wildman–Crippen LogP) is 5.34. The zero-order valence-electron chi connectivity index (χ0n) is 18.0. The Bertz CT molecular complexity index is 1230. The second-order valence-electron chi connectivity index (χ2n) is 7.87. The standard InChI is InChI=1S/C25H26ClN4/c1-17-6-10-19(11-7-17)23(28(3)4)27-24-22-16-21(26)14-15-30(22)25(29(24)5)20-12-8-18(2)9-13-20/h6-16H,1-5H3/q+1/b27-23-. The zero-order valence-corrected chi connectivity index (χ0v) is 18.8. The van der Waals surface area contributed by atoms with E-state index in [-0.39, 0.29) is 0 Å². The van der Waals surface area contributed by atoms with Gasteiger partial charge in [-0.25, -0.2) is 8.97 Å². The lowest BCUT2D eigenvalue weighted by Crippen LogP contribution is -2.31. The van der Waals surface area contributed by atoms with Crippen molar-refractivity contribution in [2.24, 2.45) is 12.0 Å². The maximum atomic E-state index is 6.37. The Morgan fingerprint density at radius 3 is 2.13 bits per heavy atom. The topological polar surface area (TPSA) is 23.9 Å². The van der Waals surface area contributed by atoms with Gasteiger partial charge in [-0.2, -0.15) is 0 Å². The predicted molar refractivity (Wildman–Crippen MR) is 125 cm³/mol. The summed E-state index contributed by atoms with van der Waals surface area (Å²) in [6.45, 7) is 4.19. The lowest BCUT2D eigenvalue weighted by atomic mass is 10.1. The van der Waals surface area contributed by atoms with Gasteiger partial charge >= 0.3 is 5.82 Å². The summed E-state index contributed by atoms with van der Waals surface area (Å²) in [5, 5.41) is 0.689. The molecule has 0 unspecified atom stereocenters. The van der Waals surface area contributed by atoms with Crippen molar-refractivity contribution in [1.82, 2.24) is 9.30 Å². The highest BCUT2D eigenvalue weighted by molar-refractivity contribution is 6.31. The van der Waals surface area contributed by atoms with Crippen LogP contribution in [-0.4, -0.2) is 29.2 Å². The number of nitrogens with zero attached hydrogens (tertiary/aromatic N) is 4. The Morgan fingerprint density at radius 1 is 0.933 bits per heavy atom. The molecule has 0 radical (unpaired) electrons. The summed E-state index contributed by atoms with van der Waals surface area (Å²) in [6, 6.07) is 20.9. The number of rotatable bonds is 3. The molecule has 2 aromatic heterocycles. The Hall–Kier alpha value is -3.11. The lowest BCUT2D eigenvalue weighted by Gasteiger charge is -2.12. The Kier molecular flexibility index (Phi) is 5.35. The highest BCUT2D eigenvalue weighted by Crippen LogP contribution is 2.28. The van der Waals surface area contributed by atoms with E-state index in [0.29, 0.717) is 5.02 Å². The zero-order chi connectivity index (χ0) is 21.4. The molecule has 0 saturated heterocycles. The van der Waals surface area contributed by atoms with Crippen LogP contribution >= 0.6 is 11.6 Å². The van der Waals surface area contributed by atoms with Crippen molar-refractivity contribution in [1.29, 1.82) is 0 Å². The van der Waals surface area contributed by atoms with E-state index in [1.807, 2.05) is 37.3 Å². The third kappa shape index (κ3) is 3.71. The molecule has 0 aliphatic heterocycles. The molecule has 0 aliphatic rings. The first-order valence-corrected chi connectivity index (χ1v) is 10.3. The number of hydrogen-bond acceptors (Lipinski definition) is 1. The number of pyridine rings is 1. The minimum Gasteiger partial charge on any atom is -0.349 e. The first-order chi connectivity index (χ1) is 14.3. The van der Waals surface area contributed by atoms with Gasteiger partial charge in [-0.3, -0.25) is 0 Å². The summed E-state index contributed by atoms with van der Waals surface area (Å²) in [5.41, 5.74) is 5.63. The molecule has 0 atom stereocenters. The molecule has 0 amide bonds. The van der Waals surface area contributed by atoms with Gasteiger partial charge in [0.25, 0.3) is 0 Å². The summed E-state index contributed by atoms with van der Waals surface area (Å²) < 4.78 is 4.28. The smallest absolute Gasteiger partial charge is 0.304 e. The molecule has 2 aromatic carbocycles. The van der Waals surface area contributed by atoms with Crippen LogP contribution in [0.5, 0.6) is 0 Å². The largest absolute Gasteiger partial charge is 0.349 e. The molecule has 5 heteroatoms. The fourth-order valence-corrected chi connectivity index (χ4v) is 3.82. The van der Waals surface area contributed by atoms with Crippen molar-refractivity contribution in [3.05, 3.63) is 88.6 Å². The molecule has 0 fully saturated rings. The third-order valence-corrected chi connectivity index (χ3v) is 5.50. The first kappa shape index (κ1) is 20.2. The van der Waals surface area contributed by atoms with Gasteiger partial charge in [-0.15, -0.1) is 0 Å². The quantitative estimate of drug-likeness (QED) is 0.251. The summed E-state index contributed by atoms with van der Waals surface area (Å²) in [6.07, 6.45) is 2.01. The monoisotopic (exact) mass is 417 g/mol. The molecule has 0 bridgehead atoms. The highest BCUT2D eigenvalue weighted by Gasteiger charge is 2.25. The average molecular weight is 418 g/mol. The lowest BCUT2D eigenvalue weighted by molar-refractivity contribution is -0.645. The van der Waals surface area contributed by atoms with E-state index in [1.165, 1.54) is 11.1 Å². The minimum atomic E-state index is 0.689. The SMILES string of the molecule is Cc1ccc(/C(=N/c2c3cc(Cl)ccn3c(-c3ccc(C)cc3)[n+]2C)N(C)C)cc1. The van der Waals surface area contributed by atoms with Gasteiger partial charge in [0.1, 0.15) is 0 Å². The number of amidine groups is 1. The van der Waals surface area contributed by atoms with Crippen LogP contribution in [0.4, 0.5) is 5.82 Å². The Balaban J connectivity index is 1.99. The molecular weight excluding hydrogens is 392 g/mol. The van der Waals surface area contributed by atoms with Crippen LogP contribution in [-0.2, 0) is 7.05 Å². The second-order valence-corrected chi connectivity index (χ2v) is 8.30. The molecule has 4 nitrogen and oxygen atoms in total. The van der Waals surface area contributed by atoms with E-state index in [0.717, 1.165) is 34.1 Å². The van der Waals surface area contributed by atoms with Gasteiger partial charge < -0.3 is 4.90 Å². The summed E-state index contributed by atoms with van der Waals surface area (Å²) in [7, 11) is 6.09. The van der Waals surface area contributed by atoms with E-state index < -0.39 is 0 Å². The molecule has 0 saturated carbocycles. The van der Waals surface area contributed by atoms with Gasteiger partial charge in [0, 0.05) is 36.3 Å². The minimum absolute atomic E-state index is 0.689. The molecule has 0 aliphatic carbocycles. The van der Waals surface area contributed by atoms with E-state index in [9.17, 15) is 0 Å². The number of halogens is 1. The van der Waals surface area contributed by atoms with Gasteiger partial charge in [0.2, 0.25) is 11.7 Å². The molecule has 0 spiro atoms. The normalized spacial score (nSPS) is 11.9. The molecule has 30 heavy (non-hydrogen) atoms. The summed E-state index contributed by atoms with van der Waals surface area (Å²) in [4.78, 5) is 7.16. The Labute approximate surface area is 182 Å². The molecule has 4 aromatic rings. The van der Waals surface area contributed by atoms with Crippen LogP contribution in [0.1, 0.15) is 16.7 Å². The van der Waals surface area contributed by atoms with Crippen LogP contribution in [0.3, 0.4) is 0 Å². The van der Waals surface area contributed by atoms with E-state index >= 15 is 0 Å². The molecule has 2 heterocycles. The molecule has 152 valence electrons. The van der Waals surface area contributed by atoms with Crippen molar-refractivity contribution < 1.29 is 4.57 Å². The van der Waals surface area contributed by atoms with E-state index in [4.69, 9.17) is 16.6 Å². The van der Waals surface area contributed by atoms with Crippen LogP contribution in [0.2, 0.25) is 5.02 Å². The number of benzene rings is 2. The van der Waals surface area contributed by atoms with Gasteiger partial charge in [-0.1, -0.05) is 52.0 Å². The van der Waals surface area contributed by atoms with Gasteiger partial charge in [0.15, 0.2) is 5.52 Å². The van der Waals surface area contributed by atoms with Crippen LogP contribution in [0.15, 0.2) is 71.9 Å². The van der Waals surface area contributed by atoms with Crippen molar-refractivity contribution in [2.45, 2.75) is 13.8 Å². The third-order valence-electron chi connectivity index (χ3n) is 5.26.